The highest BCUT2D eigenvalue weighted by atomic mass is 15.2. The Balaban J connectivity index is 1.89. The highest BCUT2D eigenvalue weighted by Gasteiger charge is 2.43. The van der Waals surface area contributed by atoms with Crippen LogP contribution in [0.4, 0.5) is 0 Å². The molecular weight excluding hydrogens is 172 g/mol. The van der Waals surface area contributed by atoms with E-state index in [0.29, 0.717) is 5.54 Å². The van der Waals surface area contributed by atoms with E-state index in [1.54, 1.807) is 0 Å². The van der Waals surface area contributed by atoms with Crippen molar-refractivity contribution in [2.45, 2.75) is 32.2 Å². The smallest absolute Gasteiger partial charge is 0.0309 e. The molecule has 0 aromatic carbocycles. The van der Waals surface area contributed by atoms with Crippen molar-refractivity contribution in [3.8, 4) is 0 Å². The summed E-state index contributed by atoms with van der Waals surface area (Å²) in [5.41, 5.74) is 0.403. The van der Waals surface area contributed by atoms with Crippen LogP contribution < -0.4 is 5.32 Å². The zero-order valence-corrected chi connectivity index (χ0v) is 9.42. The van der Waals surface area contributed by atoms with Gasteiger partial charge in [0.2, 0.25) is 0 Å². The second-order valence-corrected chi connectivity index (χ2v) is 4.92. The van der Waals surface area contributed by atoms with Gasteiger partial charge in [0.15, 0.2) is 0 Å². The molecule has 2 heteroatoms. The fraction of sp³-hybridized carbons (Fsp3) is 0.833. The Hall–Kier alpha value is -0.340. The van der Waals surface area contributed by atoms with Crippen molar-refractivity contribution in [2.24, 2.45) is 5.92 Å². The second-order valence-electron chi connectivity index (χ2n) is 4.92. The van der Waals surface area contributed by atoms with E-state index >= 15 is 0 Å². The molecule has 1 saturated heterocycles. The molecule has 2 nitrogen and oxygen atoms in total. The summed E-state index contributed by atoms with van der Waals surface area (Å²) >= 11 is 0. The molecule has 14 heavy (non-hydrogen) atoms. The zero-order chi connectivity index (χ0) is 10.0. The number of hydrogen-bond acceptors (Lipinski definition) is 2. The Labute approximate surface area is 87.4 Å². The van der Waals surface area contributed by atoms with Crippen molar-refractivity contribution in [1.82, 2.24) is 10.2 Å². The van der Waals surface area contributed by atoms with Gasteiger partial charge in [-0.1, -0.05) is 12.2 Å². The summed E-state index contributed by atoms with van der Waals surface area (Å²) in [5, 5.41) is 3.70. The van der Waals surface area contributed by atoms with Crippen molar-refractivity contribution in [3.05, 3.63) is 12.2 Å². The number of rotatable bonds is 3. The minimum Gasteiger partial charge on any atom is -0.309 e. The first-order chi connectivity index (χ1) is 6.74. The summed E-state index contributed by atoms with van der Waals surface area (Å²) in [6.07, 6.45) is 7.27. The molecule has 1 aliphatic carbocycles. The van der Waals surface area contributed by atoms with Gasteiger partial charge in [-0.25, -0.2) is 0 Å². The lowest BCUT2D eigenvalue weighted by Crippen LogP contribution is -2.59. The number of hydrogen-bond donors (Lipinski definition) is 1. The Bertz CT molecular complexity index is 220. The normalized spacial score (nSPS) is 35.3. The lowest BCUT2D eigenvalue weighted by atomic mass is 9.93. The largest absolute Gasteiger partial charge is 0.309 e. The number of allylic oxidation sites excluding steroid dienone is 1. The SMILES string of the molecule is C/C=C/CN1CCNC(C)(C2CC2)C1. The van der Waals surface area contributed by atoms with Gasteiger partial charge in [-0.2, -0.15) is 0 Å². The third kappa shape index (κ3) is 2.18. The van der Waals surface area contributed by atoms with Gasteiger partial charge in [0.25, 0.3) is 0 Å². The lowest BCUT2D eigenvalue weighted by molar-refractivity contribution is 0.138. The van der Waals surface area contributed by atoms with E-state index in [-0.39, 0.29) is 0 Å². The van der Waals surface area contributed by atoms with Gasteiger partial charge in [0, 0.05) is 31.7 Å². The molecule has 1 aliphatic heterocycles. The molecule has 0 amide bonds. The van der Waals surface area contributed by atoms with Crippen molar-refractivity contribution in [1.29, 1.82) is 0 Å². The number of piperazine rings is 1. The first-order valence-corrected chi connectivity index (χ1v) is 5.83. The Morgan fingerprint density at radius 1 is 1.50 bits per heavy atom. The summed E-state index contributed by atoms with van der Waals surface area (Å²) < 4.78 is 0. The third-order valence-electron chi connectivity index (χ3n) is 3.59. The van der Waals surface area contributed by atoms with Gasteiger partial charge in [0.05, 0.1) is 0 Å². The molecule has 0 spiro atoms. The molecule has 80 valence electrons. The van der Waals surface area contributed by atoms with Crippen LogP contribution in [-0.4, -0.2) is 36.6 Å². The van der Waals surface area contributed by atoms with Crippen molar-refractivity contribution in [3.63, 3.8) is 0 Å². The van der Waals surface area contributed by atoms with Crippen LogP contribution in [0.25, 0.3) is 0 Å². The van der Waals surface area contributed by atoms with Gasteiger partial charge in [-0.05, 0) is 32.6 Å². The summed E-state index contributed by atoms with van der Waals surface area (Å²) in [7, 11) is 0. The molecular formula is C12H22N2. The Morgan fingerprint density at radius 3 is 2.93 bits per heavy atom. The minimum atomic E-state index is 0.403. The topological polar surface area (TPSA) is 15.3 Å². The number of nitrogens with zero attached hydrogens (tertiary/aromatic N) is 1. The molecule has 2 aliphatic rings. The van der Waals surface area contributed by atoms with Crippen LogP contribution in [0.1, 0.15) is 26.7 Å². The molecule has 1 atom stereocenters. The quantitative estimate of drug-likeness (QED) is 0.687. The lowest BCUT2D eigenvalue weighted by Gasteiger charge is -2.41. The fourth-order valence-corrected chi connectivity index (χ4v) is 2.50. The maximum Gasteiger partial charge on any atom is 0.0309 e. The van der Waals surface area contributed by atoms with E-state index in [2.05, 4.69) is 36.2 Å². The second kappa shape index (κ2) is 4.03. The average Bonchev–Trinajstić information content (AvgIpc) is 2.98. The van der Waals surface area contributed by atoms with Gasteiger partial charge >= 0.3 is 0 Å². The highest BCUT2D eigenvalue weighted by molar-refractivity contribution is 5.02. The van der Waals surface area contributed by atoms with Gasteiger partial charge in [-0.3, -0.25) is 4.90 Å². The molecule has 1 unspecified atom stereocenters. The summed E-state index contributed by atoms with van der Waals surface area (Å²) in [6, 6.07) is 0. The molecule has 0 radical (unpaired) electrons. The van der Waals surface area contributed by atoms with Gasteiger partial charge in [-0.15, -0.1) is 0 Å². The Kier molecular flexibility index (Phi) is 2.93. The Morgan fingerprint density at radius 2 is 2.29 bits per heavy atom. The van der Waals surface area contributed by atoms with Crippen LogP contribution in [0.5, 0.6) is 0 Å². The van der Waals surface area contributed by atoms with Crippen LogP contribution in [0, 0.1) is 5.92 Å². The van der Waals surface area contributed by atoms with Crippen LogP contribution in [0.3, 0.4) is 0 Å². The van der Waals surface area contributed by atoms with E-state index < -0.39 is 0 Å². The van der Waals surface area contributed by atoms with Crippen LogP contribution in [-0.2, 0) is 0 Å². The molecule has 0 aromatic rings. The maximum atomic E-state index is 3.70. The van der Waals surface area contributed by atoms with E-state index in [1.807, 2.05) is 0 Å². The van der Waals surface area contributed by atoms with E-state index in [4.69, 9.17) is 0 Å². The van der Waals surface area contributed by atoms with Crippen LogP contribution in [0.2, 0.25) is 0 Å². The molecule has 1 heterocycles. The standard InChI is InChI=1S/C12H22N2/c1-3-4-8-14-9-7-13-12(2,10-14)11-5-6-11/h3-4,11,13H,5-10H2,1-2H3/b4-3+. The van der Waals surface area contributed by atoms with Crippen LogP contribution in [0.15, 0.2) is 12.2 Å². The summed E-state index contributed by atoms with van der Waals surface area (Å²) in [6.45, 7) is 9.20. The maximum absolute atomic E-state index is 3.70. The zero-order valence-electron chi connectivity index (χ0n) is 9.42. The predicted molar refractivity (Wildman–Crippen MR) is 60.4 cm³/mol. The van der Waals surface area contributed by atoms with Crippen molar-refractivity contribution in [2.75, 3.05) is 26.2 Å². The van der Waals surface area contributed by atoms with E-state index in [9.17, 15) is 0 Å². The third-order valence-corrected chi connectivity index (χ3v) is 3.59. The molecule has 2 rings (SSSR count). The molecule has 1 saturated carbocycles. The first-order valence-electron chi connectivity index (χ1n) is 5.83. The molecule has 0 bridgehead atoms. The summed E-state index contributed by atoms with van der Waals surface area (Å²) in [4.78, 5) is 2.56. The molecule has 0 aromatic heterocycles. The average molecular weight is 194 g/mol. The summed E-state index contributed by atoms with van der Waals surface area (Å²) in [5.74, 6) is 0.941. The number of nitrogens with one attached hydrogen (secondary N) is 1. The monoisotopic (exact) mass is 194 g/mol. The van der Waals surface area contributed by atoms with Crippen molar-refractivity contribution < 1.29 is 0 Å². The predicted octanol–water partition coefficient (Wildman–Crippen LogP) is 1.64. The molecule has 2 fully saturated rings. The highest BCUT2D eigenvalue weighted by Crippen LogP contribution is 2.40. The minimum absolute atomic E-state index is 0.403. The van der Waals surface area contributed by atoms with Crippen molar-refractivity contribution >= 4 is 0 Å². The van der Waals surface area contributed by atoms with E-state index in [1.165, 1.54) is 25.9 Å². The van der Waals surface area contributed by atoms with Gasteiger partial charge in [0.1, 0.15) is 0 Å². The fourth-order valence-electron chi connectivity index (χ4n) is 2.50. The van der Waals surface area contributed by atoms with E-state index in [0.717, 1.165) is 19.0 Å². The first kappa shape index (κ1) is 10.2. The molecule has 1 N–H and O–H groups in total. The van der Waals surface area contributed by atoms with Crippen LogP contribution >= 0.6 is 0 Å². The van der Waals surface area contributed by atoms with Gasteiger partial charge < -0.3 is 5.32 Å².